The lowest BCUT2D eigenvalue weighted by Gasteiger charge is -2.21. The van der Waals surface area contributed by atoms with Crippen LogP contribution in [0.4, 0.5) is 0 Å². The lowest BCUT2D eigenvalue weighted by molar-refractivity contribution is -0.135. The number of carbonyl (C=O) groups excluding carboxylic acids is 2. The smallest absolute Gasteiger partial charge is 0.228 e. The number of nitriles is 1. The first-order chi connectivity index (χ1) is 12.1. The van der Waals surface area contributed by atoms with Crippen molar-refractivity contribution in [2.24, 2.45) is 5.92 Å². The highest BCUT2D eigenvalue weighted by molar-refractivity contribution is 5.89. The maximum absolute atomic E-state index is 12.6. The first-order valence-corrected chi connectivity index (χ1v) is 8.11. The molecule has 2 aromatic rings. The van der Waals surface area contributed by atoms with E-state index in [9.17, 15) is 9.59 Å². The Bertz CT molecular complexity index is 790. The summed E-state index contributed by atoms with van der Waals surface area (Å²) in [6.07, 6.45) is 1.81. The predicted octanol–water partition coefficient (Wildman–Crippen LogP) is 2.16. The van der Waals surface area contributed by atoms with Gasteiger partial charge in [-0.3, -0.25) is 9.59 Å². The molecule has 0 bridgehead atoms. The molecule has 1 aliphatic rings. The quantitative estimate of drug-likeness (QED) is 0.837. The van der Waals surface area contributed by atoms with E-state index in [1.54, 1.807) is 41.3 Å². The van der Waals surface area contributed by atoms with Gasteiger partial charge in [0.15, 0.2) is 0 Å². The molecule has 1 fully saturated rings. The summed E-state index contributed by atoms with van der Waals surface area (Å²) in [4.78, 5) is 28.1. The summed E-state index contributed by atoms with van der Waals surface area (Å²) in [7, 11) is 1.74. The number of hydrogen-bond donors (Lipinski definition) is 0. The monoisotopic (exact) mass is 337 g/mol. The molecule has 0 radical (unpaired) electrons. The molecule has 6 nitrogen and oxygen atoms in total. The largest absolute Gasteiger partial charge is 0.467 e. The van der Waals surface area contributed by atoms with E-state index in [0.717, 1.165) is 5.56 Å². The molecule has 1 aromatic carbocycles. The number of hydrogen-bond acceptors (Lipinski definition) is 4. The SMILES string of the molecule is CN(Cc1ccc(C#N)cc1)C(=O)[C@@H]1CC(=O)N(Cc2ccco2)C1. The average Bonchev–Trinajstić information content (AvgIpc) is 3.25. The fourth-order valence-corrected chi connectivity index (χ4v) is 3.03. The molecule has 1 aromatic heterocycles. The number of carbonyl (C=O) groups is 2. The van der Waals surface area contributed by atoms with Crippen molar-refractivity contribution >= 4 is 11.8 Å². The van der Waals surface area contributed by atoms with Crippen LogP contribution in [0.15, 0.2) is 47.1 Å². The molecule has 3 rings (SSSR count). The molecule has 25 heavy (non-hydrogen) atoms. The topological polar surface area (TPSA) is 77.5 Å². The van der Waals surface area contributed by atoms with Gasteiger partial charge in [-0.1, -0.05) is 12.1 Å². The van der Waals surface area contributed by atoms with Gasteiger partial charge in [0, 0.05) is 26.6 Å². The number of amides is 2. The van der Waals surface area contributed by atoms with Gasteiger partial charge >= 0.3 is 0 Å². The van der Waals surface area contributed by atoms with Crippen molar-refractivity contribution < 1.29 is 14.0 Å². The van der Waals surface area contributed by atoms with E-state index in [4.69, 9.17) is 9.68 Å². The van der Waals surface area contributed by atoms with Gasteiger partial charge in [-0.2, -0.15) is 5.26 Å². The molecule has 0 N–H and O–H groups in total. The number of furan rings is 1. The molecule has 2 amide bonds. The lowest BCUT2D eigenvalue weighted by Crippen LogP contribution is -2.34. The number of benzene rings is 1. The highest BCUT2D eigenvalue weighted by Crippen LogP contribution is 2.22. The van der Waals surface area contributed by atoms with Crippen molar-refractivity contribution in [1.29, 1.82) is 5.26 Å². The Morgan fingerprint density at radius 2 is 2.12 bits per heavy atom. The van der Waals surface area contributed by atoms with Crippen molar-refractivity contribution in [2.75, 3.05) is 13.6 Å². The maximum atomic E-state index is 12.6. The average molecular weight is 337 g/mol. The summed E-state index contributed by atoms with van der Waals surface area (Å²) >= 11 is 0. The highest BCUT2D eigenvalue weighted by atomic mass is 16.3. The molecule has 1 saturated heterocycles. The van der Waals surface area contributed by atoms with E-state index in [-0.39, 0.29) is 24.2 Å². The number of likely N-dealkylation sites (tertiary alicyclic amines) is 1. The molecular formula is C19H19N3O3. The van der Waals surface area contributed by atoms with Crippen LogP contribution in [-0.2, 0) is 22.7 Å². The number of nitrogens with zero attached hydrogens (tertiary/aromatic N) is 3. The van der Waals surface area contributed by atoms with Crippen LogP contribution < -0.4 is 0 Å². The van der Waals surface area contributed by atoms with Crippen LogP contribution >= 0.6 is 0 Å². The van der Waals surface area contributed by atoms with E-state index in [1.807, 2.05) is 18.2 Å². The first kappa shape index (κ1) is 16.8. The summed E-state index contributed by atoms with van der Waals surface area (Å²) in [5, 5.41) is 8.83. The van der Waals surface area contributed by atoms with Crippen molar-refractivity contribution in [3.05, 3.63) is 59.5 Å². The Kier molecular flexibility index (Phi) is 4.85. The van der Waals surface area contributed by atoms with Crippen LogP contribution in [0.2, 0.25) is 0 Å². The van der Waals surface area contributed by atoms with Crippen molar-refractivity contribution in [3.8, 4) is 6.07 Å². The second kappa shape index (κ2) is 7.22. The van der Waals surface area contributed by atoms with Gasteiger partial charge in [0.1, 0.15) is 5.76 Å². The van der Waals surface area contributed by atoms with E-state index in [1.165, 1.54) is 0 Å². The zero-order valence-corrected chi connectivity index (χ0v) is 14.0. The van der Waals surface area contributed by atoms with Gasteiger partial charge in [-0.05, 0) is 29.8 Å². The maximum Gasteiger partial charge on any atom is 0.228 e. The van der Waals surface area contributed by atoms with Gasteiger partial charge < -0.3 is 14.2 Å². The predicted molar refractivity (Wildman–Crippen MR) is 89.9 cm³/mol. The summed E-state index contributed by atoms with van der Waals surface area (Å²) in [6.45, 7) is 1.26. The Morgan fingerprint density at radius 1 is 1.36 bits per heavy atom. The molecular weight excluding hydrogens is 318 g/mol. The second-order valence-electron chi connectivity index (χ2n) is 6.26. The lowest BCUT2D eigenvalue weighted by atomic mass is 10.1. The Balaban J connectivity index is 1.58. The Labute approximate surface area is 146 Å². The third-order valence-electron chi connectivity index (χ3n) is 4.37. The van der Waals surface area contributed by atoms with Crippen molar-refractivity contribution in [3.63, 3.8) is 0 Å². The summed E-state index contributed by atoms with van der Waals surface area (Å²) in [6, 6.07) is 12.8. The molecule has 1 aliphatic heterocycles. The molecule has 128 valence electrons. The fraction of sp³-hybridized carbons (Fsp3) is 0.316. The molecule has 6 heteroatoms. The molecule has 0 aliphatic carbocycles. The normalized spacial score (nSPS) is 16.7. The van der Waals surface area contributed by atoms with E-state index >= 15 is 0 Å². The zero-order chi connectivity index (χ0) is 17.8. The van der Waals surface area contributed by atoms with Crippen LogP contribution in [0.5, 0.6) is 0 Å². The second-order valence-corrected chi connectivity index (χ2v) is 6.26. The van der Waals surface area contributed by atoms with Gasteiger partial charge in [-0.25, -0.2) is 0 Å². The van der Waals surface area contributed by atoms with Gasteiger partial charge in [0.25, 0.3) is 0 Å². The molecule has 1 atom stereocenters. The van der Waals surface area contributed by atoms with E-state index < -0.39 is 0 Å². The van der Waals surface area contributed by atoms with Crippen LogP contribution in [-0.4, -0.2) is 35.2 Å². The standard InChI is InChI=1S/C19H19N3O3/c1-21(11-15-6-4-14(10-20)5-7-15)19(24)16-9-18(23)22(12-16)13-17-3-2-8-25-17/h2-8,16H,9,11-13H2,1H3/t16-/m1/s1. The van der Waals surface area contributed by atoms with Gasteiger partial charge in [-0.15, -0.1) is 0 Å². The van der Waals surface area contributed by atoms with Crippen LogP contribution in [0, 0.1) is 17.2 Å². The van der Waals surface area contributed by atoms with Gasteiger partial charge in [0.05, 0.1) is 30.4 Å². The molecule has 0 saturated carbocycles. The molecule has 2 heterocycles. The van der Waals surface area contributed by atoms with Gasteiger partial charge in [0.2, 0.25) is 11.8 Å². The summed E-state index contributed by atoms with van der Waals surface area (Å²) in [5.74, 6) is 0.319. The van der Waals surface area contributed by atoms with Crippen molar-refractivity contribution in [2.45, 2.75) is 19.5 Å². The minimum Gasteiger partial charge on any atom is -0.467 e. The van der Waals surface area contributed by atoms with Crippen LogP contribution in [0.25, 0.3) is 0 Å². The van der Waals surface area contributed by atoms with Crippen molar-refractivity contribution in [1.82, 2.24) is 9.80 Å². The third kappa shape index (κ3) is 3.89. The van der Waals surface area contributed by atoms with E-state index in [2.05, 4.69) is 6.07 Å². The highest BCUT2D eigenvalue weighted by Gasteiger charge is 2.35. The summed E-state index contributed by atoms with van der Waals surface area (Å²) < 4.78 is 5.27. The minimum atomic E-state index is -0.328. The minimum absolute atomic E-state index is 0.0264. The van der Waals surface area contributed by atoms with Crippen LogP contribution in [0.3, 0.4) is 0 Å². The fourth-order valence-electron chi connectivity index (χ4n) is 3.03. The van der Waals surface area contributed by atoms with Crippen LogP contribution in [0.1, 0.15) is 23.3 Å². The third-order valence-corrected chi connectivity index (χ3v) is 4.37. The Hall–Kier alpha value is -3.07. The first-order valence-electron chi connectivity index (χ1n) is 8.11. The molecule has 0 unspecified atom stereocenters. The Morgan fingerprint density at radius 3 is 2.76 bits per heavy atom. The zero-order valence-electron chi connectivity index (χ0n) is 14.0. The van der Waals surface area contributed by atoms with E-state index in [0.29, 0.717) is 31.0 Å². The summed E-state index contributed by atoms with van der Waals surface area (Å²) in [5.41, 5.74) is 1.54. The number of rotatable bonds is 5. The molecule has 0 spiro atoms.